The highest BCUT2D eigenvalue weighted by Gasteiger charge is 2.13. The Bertz CT molecular complexity index is 787. The summed E-state index contributed by atoms with van der Waals surface area (Å²) < 4.78 is 7.01. The third kappa shape index (κ3) is 2.47. The van der Waals surface area contributed by atoms with Crippen LogP contribution < -0.4 is 10.1 Å². The van der Waals surface area contributed by atoms with Crippen molar-refractivity contribution in [1.29, 1.82) is 0 Å². The van der Waals surface area contributed by atoms with Crippen LogP contribution in [0.3, 0.4) is 0 Å². The normalized spacial score (nSPS) is 10.8. The van der Waals surface area contributed by atoms with Gasteiger partial charge in [-0.15, -0.1) is 5.10 Å². The van der Waals surface area contributed by atoms with Crippen molar-refractivity contribution >= 4 is 34.3 Å². The predicted octanol–water partition coefficient (Wildman–Crippen LogP) is 2.65. The summed E-state index contributed by atoms with van der Waals surface area (Å²) in [6.07, 6.45) is 1.47. The Hall–Kier alpha value is -2.41. The molecule has 8 heteroatoms. The molecule has 0 aliphatic rings. The number of hydrogen-bond donors (Lipinski definition) is 1. The molecule has 3 rings (SSSR count). The number of hydrogen-bond acceptors (Lipinski definition) is 6. The second-order valence-electron chi connectivity index (χ2n) is 4.27. The van der Waals surface area contributed by atoms with E-state index in [4.69, 9.17) is 16.3 Å². The number of methoxy groups -OCH3 is 1. The minimum atomic E-state index is 0.556. The van der Waals surface area contributed by atoms with Gasteiger partial charge in [0.25, 0.3) is 0 Å². The third-order valence-corrected chi connectivity index (χ3v) is 3.25. The molecule has 2 heterocycles. The first kappa shape index (κ1) is 13.6. The standard InChI is InChI=1S/C13H13ClN6O/c1-3-20-13-11(18-19-20)12(15-7-16-13)17-9-6-8(14)4-5-10(9)21-2/h4-7H,3H2,1-2H3,(H,15,16,17). The lowest BCUT2D eigenvalue weighted by atomic mass is 10.3. The number of anilines is 2. The van der Waals surface area contributed by atoms with E-state index in [1.54, 1.807) is 30.0 Å². The van der Waals surface area contributed by atoms with Gasteiger partial charge in [0, 0.05) is 11.6 Å². The molecule has 1 N–H and O–H groups in total. The van der Waals surface area contributed by atoms with Gasteiger partial charge in [0.05, 0.1) is 12.8 Å². The van der Waals surface area contributed by atoms with E-state index in [0.29, 0.717) is 40.0 Å². The van der Waals surface area contributed by atoms with E-state index >= 15 is 0 Å². The van der Waals surface area contributed by atoms with Crippen molar-refractivity contribution in [3.8, 4) is 5.75 Å². The number of ether oxygens (including phenoxy) is 1. The maximum atomic E-state index is 6.02. The van der Waals surface area contributed by atoms with Crippen LogP contribution in [-0.2, 0) is 6.54 Å². The summed E-state index contributed by atoms with van der Waals surface area (Å²) in [6, 6.07) is 5.30. The molecule has 0 radical (unpaired) electrons. The number of nitrogens with zero attached hydrogens (tertiary/aromatic N) is 5. The quantitative estimate of drug-likeness (QED) is 0.798. The first-order valence-corrected chi connectivity index (χ1v) is 6.75. The molecule has 0 fully saturated rings. The second-order valence-corrected chi connectivity index (χ2v) is 4.71. The van der Waals surface area contributed by atoms with Gasteiger partial charge < -0.3 is 10.1 Å². The smallest absolute Gasteiger partial charge is 0.183 e. The van der Waals surface area contributed by atoms with Crippen LogP contribution in [0.1, 0.15) is 6.92 Å². The second kappa shape index (κ2) is 5.53. The van der Waals surface area contributed by atoms with Crippen molar-refractivity contribution in [2.24, 2.45) is 0 Å². The van der Waals surface area contributed by atoms with Gasteiger partial charge in [-0.2, -0.15) is 0 Å². The summed E-state index contributed by atoms with van der Waals surface area (Å²) in [7, 11) is 1.59. The molecule has 3 aromatic rings. The number of aromatic nitrogens is 5. The topological polar surface area (TPSA) is 77.8 Å². The lowest BCUT2D eigenvalue weighted by Gasteiger charge is -2.10. The van der Waals surface area contributed by atoms with Crippen molar-refractivity contribution in [2.45, 2.75) is 13.5 Å². The predicted molar refractivity (Wildman–Crippen MR) is 80.1 cm³/mol. The zero-order valence-corrected chi connectivity index (χ0v) is 12.3. The molecule has 0 saturated carbocycles. The molecule has 0 unspecified atom stereocenters. The Morgan fingerprint density at radius 3 is 2.95 bits per heavy atom. The molecule has 1 aromatic carbocycles. The third-order valence-electron chi connectivity index (χ3n) is 3.01. The average Bonchev–Trinajstić information content (AvgIpc) is 2.92. The lowest BCUT2D eigenvalue weighted by molar-refractivity contribution is 0.417. The minimum absolute atomic E-state index is 0.556. The highest BCUT2D eigenvalue weighted by atomic mass is 35.5. The first-order chi connectivity index (χ1) is 10.2. The van der Waals surface area contributed by atoms with E-state index in [-0.39, 0.29) is 0 Å². The molecule has 0 atom stereocenters. The lowest BCUT2D eigenvalue weighted by Crippen LogP contribution is -2.00. The summed E-state index contributed by atoms with van der Waals surface area (Å²) in [5.74, 6) is 1.22. The molecule has 0 spiro atoms. The van der Waals surface area contributed by atoms with Gasteiger partial charge in [0.15, 0.2) is 17.0 Å². The molecular weight excluding hydrogens is 292 g/mol. The molecule has 7 nitrogen and oxygen atoms in total. The molecule has 0 aliphatic carbocycles. The van der Waals surface area contributed by atoms with Crippen molar-refractivity contribution in [3.63, 3.8) is 0 Å². The van der Waals surface area contributed by atoms with Crippen LogP contribution in [0.2, 0.25) is 5.02 Å². The number of rotatable bonds is 4. The minimum Gasteiger partial charge on any atom is -0.495 e. The largest absolute Gasteiger partial charge is 0.495 e. The summed E-state index contributed by atoms with van der Waals surface area (Å²) in [6.45, 7) is 2.66. The van der Waals surface area contributed by atoms with Gasteiger partial charge in [0.2, 0.25) is 0 Å². The molecule has 0 saturated heterocycles. The molecule has 108 valence electrons. The number of halogens is 1. The fourth-order valence-electron chi connectivity index (χ4n) is 2.00. The van der Waals surface area contributed by atoms with E-state index in [2.05, 4.69) is 25.6 Å². The zero-order valence-electron chi connectivity index (χ0n) is 11.5. The Morgan fingerprint density at radius 1 is 1.33 bits per heavy atom. The highest BCUT2D eigenvalue weighted by Crippen LogP contribution is 2.31. The molecule has 0 aliphatic heterocycles. The van der Waals surface area contributed by atoms with Crippen molar-refractivity contribution in [3.05, 3.63) is 29.5 Å². The van der Waals surface area contributed by atoms with Crippen LogP contribution in [0.5, 0.6) is 5.75 Å². The fraction of sp³-hybridized carbons (Fsp3) is 0.231. The monoisotopic (exact) mass is 304 g/mol. The van der Waals surface area contributed by atoms with E-state index < -0.39 is 0 Å². The molecule has 0 bridgehead atoms. The molecule has 2 aromatic heterocycles. The van der Waals surface area contributed by atoms with Crippen molar-refractivity contribution in [1.82, 2.24) is 25.0 Å². The summed E-state index contributed by atoms with van der Waals surface area (Å²) in [4.78, 5) is 8.42. The van der Waals surface area contributed by atoms with Crippen LogP contribution in [0, 0.1) is 0 Å². The Morgan fingerprint density at radius 2 is 2.19 bits per heavy atom. The zero-order chi connectivity index (χ0) is 14.8. The Kier molecular flexibility index (Phi) is 3.57. The van der Waals surface area contributed by atoms with Gasteiger partial charge in [-0.05, 0) is 25.1 Å². The van der Waals surface area contributed by atoms with E-state index in [0.717, 1.165) is 0 Å². The summed E-state index contributed by atoms with van der Waals surface area (Å²) in [5.41, 5.74) is 1.98. The summed E-state index contributed by atoms with van der Waals surface area (Å²) in [5, 5.41) is 11.9. The van der Waals surface area contributed by atoms with Gasteiger partial charge in [-0.1, -0.05) is 16.8 Å². The van der Waals surface area contributed by atoms with Crippen molar-refractivity contribution < 1.29 is 4.74 Å². The molecule has 0 amide bonds. The maximum absolute atomic E-state index is 6.02. The van der Waals surface area contributed by atoms with Gasteiger partial charge in [-0.25, -0.2) is 14.6 Å². The number of nitrogens with one attached hydrogen (secondary N) is 1. The van der Waals surface area contributed by atoms with Crippen LogP contribution >= 0.6 is 11.6 Å². The highest BCUT2D eigenvalue weighted by molar-refractivity contribution is 6.31. The first-order valence-electron chi connectivity index (χ1n) is 6.37. The maximum Gasteiger partial charge on any atom is 0.183 e. The summed E-state index contributed by atoms with van der Waals surface area (Å²) >= 11 is 6.02. The number of benzene rings is 1. The Balaban J connectivity index is 2.06. The van der Waals surface area contributed by atoms with Crippen LogP contribution in [0.15, 0.2) is 24.5 Å². The Labute approximate surface area is 125 Å². The van der Waals surface area contributed by atoms with E-state index in [9.17, 15) is 0 Å². The van der Waals surface area contributed by atoms with Gasteiger partial charge >= 0.3 is 0 Å². The molecule has 21 heavy (non-hydrogen) atoms. The van der Waals surface area contributed by atoms with E-state index in [1.165, 1.54) is 6.33 Å². The SMILES string of the molecule is CCn1nnc2c(Nc3cc(Cl)ccc3OC)ncnc21. The van der Waals surface area contributed by atoms with Gasteiger partial charge in [0.1, 0.15) is 12.1 Å². The molecular formula is C13H13ClN6O. The van der Waals surface area contributed by atoms with Gasteiger partial charge in [-0.3, -0.25) is 0 Å². The average molecular weight is 305 g/mol. The number of aryl methyl sites for hydroxylation is 1. The fourth-order valence-corrected chi connectivity index (χ4v) is 2.17. The van der Waals surface area contributed by atoms with Crippen molar-refractivity contribution in [2.75, 3.05) is 12.4 Å². The number of fused-ring (bicyclic) bond motifs is 1. The van der Waals surface area contributed by atoms with Crippen LogP contribution in [0.4, 0.5) is 11.5 Å². The van der Waals surface area contributed by atoms with Crippen LogP contribution in [-0.4, -0.2) is 32.1 Å². The van der Waals surface area contributed by atoms with E-state index in [1.807, 2.05) is 6.92 Å². The van der Waals surface area contributed by atoms with Crippen LogP contribution in [0.25, 0.3) is 11.2 Å².